The highest BCUT2D eigenvalue weighted by molar-refractivity contribution is 6.08. The number of furan rings is 1. The van der Waals surface area contributed by atoms with Gasteiger partial charge in [0.05, 0.1) is 6.10 Å². The molecule has 19 heavy (non-hydrogen) atoms. The normalized spacial score (nSPS) is 12.9. The van der Waals surface area contributed by atoms with Gasteiger partial charge in [0.1, 0.15) is 16.1 Å². The average molecular weight is 257 g/mol. The van der Waals surface area contributed by atoms with Crippen LogP contribution in [0.2, 0.25) is 0 Å². The van der Waals surface area contributed by atoms with Crippen molar-refractivity contribution in [2.45, 2.75) is 13.0 Å². The zero-order valence-electron chi connectivity index (χ0n) is 10.2. The number of benzene rings is 2. The first kappa shape index (κ1) is 11.7. The Labute approximate surface area is 108 Å². The Hall–Kier alpha value is -2.40. The summed E-state index contributed by atoms with van der Waals surface area (Å²) in [6.45, 7) is 1.50. The largest absolute Gasteiger partial charge is 0.440 e. The van der Waals surface area contributed by atoms with Crippen LogP contribution in [0.15, 0.2) is 40.8 Å². The van der Waals surface area contributed by atoms with Crippen LogP contribution >= 0.6 is 0 Å². The highest BCUT2D eigenvalue weighted by atomic mass is 16.6. The summed E-state index contributed by atoms with van der Waals surface area (Å²) >= 11 is 0. The monoisotopic (exact) mass is 257 g/mol. The van der Waals surface area contributed by atoms with Gasteiger partial charge in [-0.05, 0) is 23.8 Å². The van der Waals surface area contributed by atoms with Gasteiger partial charge in [0.2, 0.25) is 0 Å². The minimum atomic E-state index is -0.965. The van der Waals surface area contributed by atoms with Crippen LogP contribution in [-0.4, -0.2) is 10.0 Å². The molecule has 1 atom stereocenters. The van der Waals surface area contributed by atoms with Crippen LogP contribution in [0, 0.1) is 10.1 Å². The maximum atomic E-state index is 11.0. The van der Waals surface area contributed by atoms with Crippen LogP contribution in [-0.2, 0) is 0 Å². The molecule has 0 saturated carbocycles. The predicted molar refractivity (Wildman–Crippen MR) is 71.0 cm³/mol. The minimum Gasteiger partial charge on any atom is -0.400 e. The van der Waals surface area contributed by atoms with Crippen molar-refractivity contribution in [3.63, 3.8) is 0 Å². The first-order valence-electron chi connectivity index (χ1n) is 5.86. The van der Waals surface area contributed by atoms with Gasteiger partial charge in [0, 0.05) is 5.39 Å². The molecular weight excluding hydrogens is 246 g/mol. The molecule has 1 N–H and O–H groups in total. The number of rotatable bonds is 2. The third-order valence-corrected chi connectivity index (χ3v) is 3.18. The minimum absolute atomic E-state index is 0.233. The molecule has 96 valence electrons. The van der Waals surface area contributed by atoms with E-state index >= 15 is 0 Å². The van der Waals surface area contributed by atoms with Gasteiger partial charge in [-0.2, -0.15) is 0 Å². The molecular formula is C14H11NO4. The summed E-state index contributed by atoms with van der Waals surface area (Å²) < 4.78 is 5.27. The van der Waals surface area contributed by atoms with Crippen molar-refractivity contribution in [3.05, 3.63) is 52.1 Å². The van der Waals surface area contributed by atoms with Crippen LogP contribution in [0.5, 0.6) is 0 Å². The van der Waals surface area contributed by atoms with Crippen LogP contribution in [0.25, 0.3) is 21.7 Å². The summed E-state index contributed by atoms with van der Waals surface area (Å²) in [5, 5.41) is 23.3. The summed E-state index contributed by atoms with van der Waals surface area (Å²) in [6, 6.07) is 11.1. The fourth-order valence-corrected chi connectivity index (χ4v) is 2.40. The lowest BCUT2D eigenvalue weighted by molar-refractivity contribution is -0.402. The predicted octanol–water partition coefficient (Wildman–Crippen LogP) is 3.55. The van der Waals surface area contributed by atoms with Gasteiger partial charge < -0.3 is 9.52 Å². The van der Waals surface area contributed by atoms with Crippen LogP contribution in [0.1, 0.15) is 18.6 Å². The molecule has 0 spiro atoms. The number of nitrogens with zero attached hydrogens (tertiary/aromatic N) is 1. The molecule has 0 aliphatic carbocycles. The van der Waals surface area contributed by atoms with Crippen molar-refractivity contribution in [1.82, 2.24) is 0 Å². The van der Waals surface area contributed by atoms with Gasteiger partial charge >= 0.3 is 5.88 Å². The molecule has 0 radical (unpaired) electrons. The molecule has 0 saturated heterocycles. The van der Waals surface area contributed by atoms with E-state index in [2.05, 4.69) is 0 Å². The van der Waals surface area contributed by atoms with Gasteiger partial charge in [-0.15, -0.1) is 0 Å². The molecule has 3 rings (SSSR count). The van der Waals surface area contributed by atoms with E-state index in [1.807, 2.05) is 30.3 Å². The standard InChI is InChI=1S/C14H11NO4/c1-8(16)12-13-10-5-3-2-4-9(10)6-7-11(13)19-14(12)15(17)18/h2-8,16H,1H3. The fraction of sp³-hybridized carbons (Fsp3) is 0.143. The summed E-state index contributed by atoms with van der Waals surface area (Å²) in [6.07, 6.45) is -0.965. The number of hydrogen-bond donors (Lipinski definition) is 1. The van der Waals surface area contributed by atoms with Crippen LogP contribution in [0.3, 0.4) is 0 Å². The molecule has 1 aromatic heterocycles. The van der Waals surface area contributed by atoms with Crippen LogP contribution in [0.4, 0.5) is 5.88 Å². The molecule has 3 aromatic rings. The molecule has 5 nitrogen and oxygen atoms in total. The van der Waals surface area contributed by atoms with Crippen molar-refractivity contribution >= 4 is 27.6 Å². The maximum absolute atomic E-state index is 11.0. The molecule has 1 heterocycles. The van der Waals surface area contributed by atoms with E-state index in [9.17, 15) is 15.2 Å². The van der Waals surface area contributed by atoms with Gasteiger partial charge in [0.15, 0.2) is 0 Å². The van der Waals surface area contributed by atoms with Gasteiger partial charge in [-0.3, -0.25) is 10.1 Å². The Balaban J connectivity index is 2.53. The van der Waals surface area contributed by atoms with E-state index in [-0.39, 0.29) is 11.4 Å². The lowest BCUT2D eigenvalue weighted by Gasteiger charge is -2.03. The lowest BCUT2D eigenvalue weighted by atomic mass is 10.0. The zero-order chi connectivity index (χ0) is 13.6. The van der Waals surface area contributed by atoms with Crippen molar-refractivity contribution in [3.8, 4) is 0 Å². The third-order valence-electron chi connectivity index (χ3n) is 3.18. The molecule has 0 aliphatic rings. The topological polar surface area (TPSA) is 76.5 Å². The number of nitro groups is 1. The average Bonchev–Trinajstić information content (AvgIpc) is 2.78. The second kappa shape index (κ2) is 4.07. The second-order valence-corrected chi connectivity index (χ2v) is 4.41. The van der Waals surface area contributed by atoms with E-state index in [1.165, 1.54) is 6.92 Å². The summed E-state index contributed by atoms with van der Waals surface area (Å²) in [7, 11) is 0. The Morgan fingerprint density at radius 2 is 2.00 bits per heavy atom. The molecule has 5 heteroatoms. The van der Waals surface area contributed by atoms with E-state index in [0.29, 0.717) is 11.0 Å². The molecule has 1 unspecified atom stereocenters. The van der Waals surface area contributed by atoms with Gasteiger partial charge in [-0.25, -0.2) is 0 Å². The van der Waals surface area contributed by atoms with E-state index in [1.54, 1.807) is 6.07 Å². The summed E-state index contributed by atoms with van der Waals surface area (Å²) in [5.74, 6) is -0.388. The molecule has 0 fully saturated rings. The lowest BCUT2D eigenvalue weighted by Crippen LogP contribution is -1.96. The van der Waals surface area contributed by atoms with Crippen molar-refractivity contribution < 1.29 is 14.4 Å². The number of aliphatic hydroxyl groups is 1. The van der Waals surface area contributed by atoms with E-state index < -0.39 is 11.0 Å². The smallest absolute Gasteiger partial charge is 0.400 e. The summed E-state index contributed by atoms with van der Waals surface area (Å²) in [4.78, 5) is 10.4. The SMILES string of the molecule is CC(O)c1c([N+](=O)[O-])oc2ccc3ccccc3c12. The maximum Gasteiger partial charge on any atom is 0.440 e. The zero-order valence-corrected chi connectivity index (χ0v) is 10.2. The molecule has 0 aliphatic heterocycles. The number of aliphatic hydroxyl groups excluding tert-OH is 1. The first-order valence-corrected chi connectivity index (χ1v) is 5.86. The molecule has 0 bridgehead atoms. The van der Waals surface area contributed by atoms with Crippen molar-refractivity contribution in [1.29, 1.82) is 0 Å². The Morgan fingerprint density at radius 1 is 1.26 bits per heavy atom. The van der Waals surface area contributed by atoms with E-state index in [4.69, 9.17) is 4.42 Å². The quantitative estimate of drug-likeness (QED) is 0.562. The van der Waals surface area contributed by atoms with Gasteiger partial charge in [-0.1, -0.05) is 30.3 Å². The highest BCUT2D eigenvalue weighted by Gasteiger charge is 2.28. The Morgan fingerprint density at radius 3 is 2.68 bits per heavy atom. The van der Waals surface area contributed by atoms with Gasteiger partial charge in [0.25, 0.3) is 0 Å². The number of fused-ring (bicyclic) bond motifs is 3. The highest BCUT2D eigenvalue weighted by Crippen LogP contribution is 2.39. The third kappa shape index (κ3) is 1.67. The Kier molecular flexibility index (Phi) is 2.50. The van der Waals surface area contributed by atoms with Crippen molar-refractivity contribution in [2.24, 2.45) is 0 Å². The second-order valence-electron chi connectivity index (χ2n) is 4.41. The first-order chi connectivity index (χ1) is 9.09. The Bertz CT molecular complexity index is 789. The van der Waals surface area contributed by atoms with Crippen molar-refractivity contribution in [2.75, 3.05) is 0 Å². The van der Waals surface area contributed by atoms with Crippen LogP contribution < -0.4 is 0 Å². The molecule has 0 amide bonds. The molecule has 2 aromatic carbocycles. The fourth-order valence-electron chi connectivity index (χ4n) is 2.40. The van der Waals surface area contributed by atoms with E-state index in [0.717, 1.165) is 10.8 Å². The summed E-state index contributed by atoms with van der Waals surface area (Å²) in [5.41, 5.74) is 0.651. The number of hydrogen-bond acceptors (Lipinski definition) is 4.